The average Bonchev–Trinajstić information content (AvgIpc) is 2.83. The summed E-state index contributed by atoms with van der Waals surface area (Å²) in [5, 5.41) is 5.42. The van der Waals surface area contributed by atoms with Crippen molar-refractivity contribution in [2.75, 3.05) is 0 Å². The number of fused-ring (bicyclic) bond motifs is 1. The highest BCUT2D eigenvalue weighted by molar-refractivity contribution is 5.92. The van der Waals surface area contributed by atoms with Gasteiger partial charge < -0.3 is 5.73 Å². The second-order valence-electron chi connectivity index (χ2n) is 4.35. The Hall–Kier alpha value is -2.62. The molecule has 2 aromatic carbocycles. The van der Waals surface area contributed by atoms with E-state index in [4.69, 9.17) is 5.73 Å². The lowest BCUT2D eigenvalue weighted by Crippen LogP contribution is -2.10. The van der Waals surface area contributed by atoms with Gasteiger partial charge in [0.15, 0.2) is 0 Å². The maximum atomic E-state index is 11.0. The Kier molecular flexibility index (Phi) is 2.76. The van der Waals surface area contributed by atoms with E-state index in [-0.39, 0.29) is 0 Å². The Balaban J connectivity index is 1.90. The van der Waals surface area contributed by atoms with Crippen LogP contribution in [0.4, 0.5) is 0 Å². The predicted molar refractivity (Wildman–Crippen MR) is 72.6 cm³/mol. The molecule has 1 amide bonds. The summed E-state index contributed by atoms with van der Waals surface area (Å²) in [7, 11) is 0. The fourth-order valence-corrected chi connectivity index (χ4v) is 2.04. The number of nitrogens with two attached hydrogens (primary N) is 1. The summed E-state index contributed by atoms with van der Waals surface area (Å²) >= 11 is 0. The van der Waals surface area contributed by atoms with Crippen molar-refractivity contribution in [2.45, 2.75) is 6.54 Å². The molecular formula is C15H12N3O. The lowest BCUT2D eigenvalue weighted by atomic mass is 10.1. The largest absolute Gasteiger partial charge is 0.366 e. The van der Waals surface area contributed by atoms with E-state index < -0.39 is 5.91 Å². The predicted octanol–water partition coefficient (Wildman–Crippen LogP) is 1.98. The molecule has 4 heteroatoms. The van der Waals surface area contributed by atoms with Crippen molar-refractivity contribution in [2.24, 2.45) is 5.73 Å². The van der Waals surface area contributed by atoms with Gasteiger partial charge in [0.2, 0.25) is 5.91 Å². The molecule has 0 saturated carbocycles. The molecule has 0 saturated heterocycles. The van der Waals surface area contributed by atoms with Crippen LogP contribution in [0.15, 0.2) is 48.7 Å². The van der Waals surface area contributed by atoms with Gasteiger partial charge in [0.25, 0.3) is 0 Å². The quantitative estimate of drug-likeness (QED) is 0.772. The zero-order chi connectivity index (χ0) is 13.2. The van der Waals surface area contributed by atoms with Gasteiger partial charge in [-0.3, -0.25) is 9.48 Å². The molecule has 1 heterocycles. The number of aromatic nitrogens is 2. The molecule has 0 aliphatic carbocycles. The van der Waals surface area contributed by atoms with Crippen molar-refractivity contribution in [3.05, 3.63) is 65.9 Å². The van der Waals surface area contributed by atoms with Crippen LogP contribution < -0.4 is 5.73 Å². The van der Waals surface area contributed by atoms with Gasteiger partial charge in [0, 0.05) is 10.9 Å². The minimum atomic E-state index is -0.411. The van der Waals surface area contributed by atoms with Gasteiger partial charge in [0.1, 0.15) is 0 Å². The smallest absolute Gasteiger partial charge is 0.248 e. The molecule has 0 spiro atoms. The SMILES string of the molecule is NC(=O)c1ccc(Cn2ncc3c[c]ccc32)cc1. The maximum Gasteiger partial charge on any atom is 0.248 e. The highest BCUT2D eigenvalue weighted by Gasteiger charge is 2.04. The van der Waals surface area contributed by atoms with Crippen LogP contribution in [0, 0.1) is 6.07 Å². The van der Waals surface area contributed by atoms with E-state index in [1.54, 1.807) is 12.1 Å². The van der Waals surface area contributed by atoms with Crippen LogP contribution >= 0.6 is 0 Å². The summed E-state index contributed by atoms with van der Waals surface area (Å²) in [6, 6.07) is 16.0. The normalized spacial score (nSPS) is 10.7. The number of carbonyl (C=O) groups is 1. The van der Waals surface area contributed by atoms with Gasteiger partial charge in [-0.25, -0.2) is 0 Å². The van der Waals surface area contributed by atoms with Gasteiger partial charge in [-0.15, -0.1) is 0 Å². The fraction of sp³-hybridized carbons (Fsp3) is 0.0667. The van der Waals surface area contributed by atoms with Crippen LogP contribution in [0.1, 0.15) is 15.9 Å². The molecular weight excluding hydrogens is 238 g/mol. The summed E-state index contributed by atoms with van der Waals surface area (Å²) in [4.78, 5) is 11.0. The molecule has 0 unspecified atom stereocenters. The number of primary amides is 1. The molecule has 1 radical (unpaired) electrons. The number of nitrogens with zero attached hydrogens (tertiary/aromatic N) is 2. The topological polar surface area (TPSA) is 60.9 Å². The Morgan fingerprint density at radius 1 is 1.26 bits per heavy atom. The van der Waals surface area contributed by atoms with E-state index in [1.807, 2.05) is 41.2 Å². The third-order valence-corrected chi connectivity index (χ3v) is 3.06. The lowest BCUT2D eigenvalue weighted by molar-refractivity contribution is 0.100. The minimum Gasteiger partial charge on any atom is -0.366 e. The molecule has 1 aromatic heterocycles. The van der Waals surface area contributed by atoms with Crippen LogP contribution in [0.5, 0.6) is 0 Å². The van der Waals surface area contributed by atoms with Crippen molar-refractivity contribution >= 4 is 16.8 Å². The third-order valence-electron chi connectivity index (χ3n) is 3.06. The van der Waals surface area contributed by atoms with E-state index >= 15 is 0 Å². The van der Waals surface area contributed by atoms with Crippen molar-refractivity contribution in [3.63, 3.8) is 0 Å². The number of amides is 1. The van der Waals surface area contributed by atoms with Gasteiger partial charge in [0.05, 0.1) is 18.3 Å². The second-order valence-corrected chi connectivity index (χ2v) is 4.35. The lowest BCUT2D eigenvalue weighted by Gasteiger charge is -2.04. The van der Waals surface area contributed by atoms with Crippen LogP contribution in [-0.2, 0) is 6.54 Å². The number of benzene rings is 2. The number of hydrogen-bond donors (Lipinski definition) is 1. The second kappa shape index (κ2) is 4.57. The summed E-state index contributed by atoms with van der Waals surface area (Å²) in [6.07, 6.45) is 1.82. The summed E-state index contributed by atoms with van der Waals surface area (Å²) in [5.74, 6) is -0.411. The van der Waals surface area contributed by atoms with Crippen LogP contribution in [0.25, 0.3) is 10.9 Å². The minimum absolute atomic E-state index is 0.411. The van der Waals surface area contributed by atoms with Crippen molar-refractivity contribution in [1.82, 2.24) is 9.78 Å². The monoisotopic (exact) mass is 250 g/mol. The zero-order valence-corrected chi connectivity index (χ0v) is 10.2. The van der Waals surface area contributed by atoms with Crippen LogP contribution in [0.2, 0.25) is 0 Å². The van der Waals surface area contributed by atoms with E-state index in [9.17, 15) is 4.79 Å². The number of carbonyl (C=O) groups excluding carboxylic acids is 1. The molecule has 0 aliphatic rings. The number of rotatable bonds is 3. The molecule has 3 aromatic rings. The van der Waals surface area contributed by atoms with Crippen molar-refractivity contribution in [1.29, 1.82) is 0 Å². The van der Waals surface area contributed by atoms with Gasteiger partial charge in [-0.05, 0) is 35.9 Å². The van der Waals surface area contributed by atoms with Crippen molar-refractivity contribution in [3.8, 4) is 0 Å². The first-order valence-corrected chi connectivity index (χ1v) is 5.94. The first-order valence-electron chi connectivity index (χ1n) is 5.94. The summed E-state index contributed by atoms with van der Waals surface area (Å²) in [5.41, 5.74) is 7.87. The van der Waals surface area contributed by atoms with Gasteiger partial charge in [-0.1, -0.05) is 18.2 Å². The Bertz CT molecular complexity index is 728. The molecule has 0 aliphatic heterocycles. The van der Waals surface area contributed by atoms with E-state index in [2.05, 4.69) is 11.2 Å². The van der Waals surface area contributed by atoms with E-state index in [0.717, 1.165) is 16.5 Å². The van der Waals surface area contributed by atoms with Crippen molar-refractivity contribution < 1.29 is 4.79 Å². The molecule has 0 fully saturated rings. The molecule has 2 N–H and O–H groups in total. The first-order chi connectivity index (χ1) is 9.24. The Morgan fingerprint density at radius 3 is 2.79 bits per heavy atom. The van der Waals surface area contributed by atoms with Crippen LogP contribution in [-0.4, -0.2) is 15.7 Å². The maximum absolute atomic E-state index is 11.0. The molecule has 4 nitrogen and oxygen atoms in total. The fourth-order valence-electron chi connectivity index (χ4n) is 2.04. The average molecular weight is 250 g/mol. The molecule has 19 heavy (non-hydrogen) atoms. The Labute approximate surface area is 110 Å². The highest BCUT2D eigenvalue weighted by Crippen LogP contribution is 2.14. The summed E-state index contributed by atoms with van der Waals surface area (Å²) < 4.78 is 1.92. The van der Waals surface area contributed by atoms with E-state index in [1.165, 1.54) is 0 Å². The number of hydrogen-bond acceptors (Lipinski definition) is 2. The standard InChI is InChI=1S/C15H12N3O/c16-15(19)12-7-5-11(6-8-12)10-18-14-4-2-1-3-13(14)9-17-18/h2-9H,10H2,(H2,16,19). The summed E-state index contributed by atoms with van der Waals surface area (Å²) in [6.45, 7) is 0.659. The zero-order valence-electron chi connectivity index (χ0n) is 10.2. The molecule has 0 bridgehead atoms. The third kappa shape index (κ3) is 2.20. The van der Waals surface area contributed by atoms with Crippen LogP contribution in [0.3, 0.4) is 0 Å². The Morgan fingerprint density at radius 2 is 2.05 bits per heavy atom. The van der Waals surface area contributed by atoms with Gasteiger partial charge in [-0.2, -0.15) is 5.10 Å². The molecule has 3 rings (SSSR count). The first kappa shape index (κ1) is 11.5. The highest BCUT2D eigenvalue weighted by atomic mass is 16.1. The molecule has 93 valence electrons. The van der Waals surface area contributed by atoms with E-state index in [0.29, 0.717) is 12.1 Å². The molecule has 0 atom stereocenters. The van der Waals surface area contributed by atoms with Gasteiger partial charge >= 0.3 is 0 Å².